The molecule has 3 aliphatic rings. The number of piperidine rings is 1. The molecular formula is C20H31N5O4S. The lowest BCUT2D eigenvalue weighted by Gasteiger charge is -2.36. The van der Waals surface area contributed by atoms with Crippen LogP contribution in [0.4, 0.5) is 5.95 Å². The number of anilines is 1. The highest BCUT2D eigenvalue weighted by molar-refractivity contribution is 7.89. The van der Waals surface area contributed by atoms with Crippen molar-refractivity contribution in [2.75, 3.05) is 30.9 Å². The summed E-state index contributed by atoms with van der Waals surface area (Å²) in [5.74, 6) is 1.01. The molecule has 166 valence electrons. The highest BCUT2D eigenvalue weighted by Gasteiger charge is 2.65. The topological polar surface area (TPSA) is 114 Å². The third kappa shape index (κ3) is 3.68. The molecule has 1 aromatic rings. The molecular weight excluding hydrogens is 406 g/mol. The van der Waals surface area contributed by atoms with Crippen molar-refractivity contribution in [3.63, 3.8) is 0 Å². The fourth-order valence-corrected chi connectivity index (χ4v) is 7.23. The van der Waals surface area contributed by atoms with Crippen LogP contribution in [-0.4, -0.2) is 55.1 Å². The maximum atomic E-state index is 12.9. The second kappa shape index (κ2) is 7.71. The summed E-state index contributed by atoms with van der Waals surface area (Å²) in [5, 5.41) is 0. The lowest BCUT2D eigenvalue weighted by atomic mass is 9.70. The van der Waals surface area contributed by atoms with Crippen molar-refractivity contribution in [3.05, 3.63) is 5.82 Å². The molecule has 3 fully saturated rings. The number of nitrogens with one attached hydrogen (secondary N) is 1. The van der Waals surface area contributed by atoms with E-state index in [0.717, 1.165) is 32.4 Å². The van der Waals surface area contributed by atoms with Crippen LogP contribution in [0.1, 0.15) is 58.2 Å². The van der Waals surface area contributed by atoms with Crippen molar-refractivity contribution >= 4 is 21.8 Å². The summed E-state index contributed by atoms with van der Waals surface area (Å²) < 4.78 is 33.7. The lowest BCUT2D eigenvalue weighted by molar-refractivity contribution is -0.128. The Balaban J connectivity index is 1.49. The molecule has 0 spiro atoms. The Kier molecular flexibility index (Phi) is 5.50. The molecule has 1 saturated heterocycles. The summed E-state index contributed by atoms with van der Waals surface area (Å²) in [6.07, 6.45) is 5.38. The minimum atomic E-state index is -3.69. The van der Waals surface area contributed by atoms with Crippen LogP contribution in [0.25, 0.3) is 0 Å². The number of hydrogen-bond donors (Lipinski definition) is 1. The number of ether oxygens (including phenoxy) is 1. The third-order valence-corrected chi connectivity index (χ3v) is 8.95. The molecule has 1 aliphatic heterocycles. The van der Waals surface area contributed by atoms with Crippen LogP contribution < -0.4 is 14.4 Å². The highest BCUT2D eigenvalue weighted by Crippen LogP contribution is 2.64. The average molecular weight is 438 g/mol. The number of carbonyl (C=O) groups excluding carboxylic acids is 1. The van der Waals surface area contributed by atoms with Crippen molar-refractivity contribution in [2.45, 2.75) is 58.9 Å². The van der Waals surface area contributed by atoms with Gasteiger partial charge in [0.05, 0.1) is 19.4 Å². The predicted molar refractivity (Wildman–Crippen MR) is 112 cm³/mol. The zero-order valence-corrected chi connectivity index (χ0v) is 18.8. The van der Waals surface area contributed by atoms with E-state index in [1.807, 2.05) is 13.8 Å². The molecule has 2 aliphatic carbocycles. The van der Waals surface area contributed by atoms with Gasteiger partial charge >= 0.3 is 6.01 Å². The summed E-state index contributed by atoms with van der Waals surface area (Å²) in [6.45, 7) is 5.73. The largest absolute Gasteiger partial charge is 0.467 e. The second-order valence-electron chi connectivity index (χ2n) is 9.33. The molecule has 0 radical (unpaired) electrons. The number of carbonyl (C=O) groups is 1. The van der Waals surface area contributed by atoms with Gasteiger partial charge in [-0.05, 0) is 43.4 Å². The molecule has 2 heterocycles. The standard InChI is InChI=1S/C20H31N5O4S/c1-19(2)14-7-8-20(19,15(26)11-14)13-30(27,28)21-12-16-22-17(24-18(23-16)29-3)25-9-5-4-6-10-25/h14,21H,4-13H2,1-3H3/t14?,20-/m1/s1. The predicted octanol–water partition coefficient (Wildman–Crippen LogP) is 1.69. The Bertz CT molecular complexity index is 929. The zero-order chi connectivity index (χ0) is 21.6. The van der Waals surface area contributed by atoms with Crippen LogP contribution in [0.5, 0.6) is 6.01 Å². The van der Waals surface area contributed by atoms with Crippen molar-refractivity contribution in [3.8, 4) is 6.01 Å². The van der Waals surface area contributed by atoms with Crippen LogP contribution in [0, 0.1) is 16.7 Å². The summed E-state index contributed by atoms with van der Waals surface area (Å²) in [6, 6.07) is 0.170. The van der Waals surface area contributed by atoms with Crippen LogP contribution in [0.15, 0.2) is 0 Å². The fourth-order valence-electron chi connectivity index (χ4n) is 5.45. The molecule has 9 nitrogen and oxygen atoms in total. The van der Waals surface area contributed by atoms with Gasteiger partial charge in [-0.15, -0.1) is 0 Å². The second-order valence-corrected chi connectivity index (χ2v) is 11.1. The van der Waals surface area contributed by atoms with Gasteiger partial charge in [0.25, 0.3) is 0 Å². The first-order valence-corrected chi connectivity index (χ1v) is 12.4. The summed E-state index contributed by atoms with van der Waals surface area (Å²) in [7, 11) is -2.22. The number of methoxy groups -OCH3 is 1. The molecule has 4 rings (SSSR count). The van der Waals surface area contributed by atoms with Crippen LogP contribution in [-0.2, 0) is 21.4 Å². The summed E-state index contributed by atoms with van der Waals surface area (Å²) >= 11 is 0. The number of sulfonamides is 1. The van der Waals surface area contributed by atoms with Crippen molar-refractivity contribution in [1.29, 1.82) is 0 Å². The SMILES string of the molecule is COc1nc(CNS(=O)(=O)C[C@]23CCC(CC2=O)C3(C)C)nc(N2CCCCC2)n1. The van der Waals surface area contributed by atoms with E-state index < -0.39 is 15.4 Å². The Morgan fingerprint density at radius 2 is 1.90 bits per heavy atom. The first kappa shape index (κ1) is 21.4. The van der Waals surface area contributed by atoms with Crippen LogP contribution >= 0.6 is 0 Å². The highest BCUT2D eigenvalue weighted by atomic mass is 32.2. The van der Waals surface area contributed by atoms with Gasteiger partial charge in [-0.3, -0.25) is 4.79 Å². The average Bonchev–Trinajstić information content (AvgIpc) is 3.07. The van der Waals surface area contributed by atoms with Gasteiger partial charge in [0.1, 0.15) is 5.78 Å². The van der Waals surface area contributed by atoms with E-state index in [0.29, 0.717) is 24.6 Å². The molecule has 10 heteroatoms. The zero-order valence-electron chi connectivity index (χ0n) is 18.0. The van der Waals surface area contributed by atoms with E-state index in [9.17, 15) is 13.2 Å². The van der Waals surface area contributed by atoms with E-state index in [4.69, 9.17) is 4.74 Å². The number of nitrogens with zero attached hydrogens (tertiary/aromatic N) is 4. The molecule has 30 heavy (non-hydrogen) atoms. The molecule has 2 saturated carbocycles. The van der Waals surface area contributed by atoms with Crippen molar-refractivity contribution in [2.24, 2.45) is 16.7 Å². The van der Waals surface area contributed by atoms with E-state index in [2.05, 4.69) is 24.6 Å². The van der Waals surface area contributed by atoms with E-state index in [1.54, 1.807) is 0 Å². The quantitative estimate of drug-likeness (QED) is 0.685. The Hall–Kier alpha value is -1.81. The monoisotopic (exact) mass is 437 g/mol. The normalized spacial score (nSPS) is 28.2. The van der Waals surface area contributed by atoms with E-state index in [1.165, 1.54) is 13.5 Å². The van der Waals surface area contributed by atoms with E-state index >= 15 is 0 Å². The van der Waals surface area contributed by atoms with Gasteiger partial charge in [0.2, 0.25) is 16.0 Å². The Morgan fingerprint density at radius 3 is 2.50 bits per heavy atom. The molecule has 1 aromatic heterocycles. The van der Waals surface area contributed by atoms with Gasteiger partial charge in [-0.1, -0.05) is 13.8 Å². The molecule has 0 amide bonds. The maximum Gasteiger partial charge on any atom is 0.321 e. The molecule has 2 bridgehead atoms. The van der Waals surface area contributed by atoms with Gasteiger partial charge in [-0.2, -0.15) is 15.0 Å². The first-order chi connectivity index (χ1) is 14.2. The smallest absolute Gasteiger partial charge is 0.321 e. The van der Waals surface area contributed by atoms with Gasteiger partial charge in [0, 0.05) is 24.9 Å². The number of hydrogen-bond acceptors (Lipinski definition) is 8. The van der Waals surface area contributed by atoms with Crippen LogP contribution in [0.2, 0.25) is 0 Å². The van der Waals surface area contributed by atoms with Crippen molar-refractivity contribution < 1.29 is 17.9 Å². The Labute approximate surface area is 178 Å². The van der Waals surface area contributed by atoms with Crippen molar-refractivity contribution in [1.82, 2.24) is 19.7 Å². The first-order valence-electron chi connectivity index (χ1n) is 10.7. The van der Waals surface area contributed by atoms with Crippen LogP contribution in [0.3, 0.4) is 0 Å². The minimum absolute atomic E-state index is 0.0593. The summed E-state index contributed by atoms with van der Waals surface area (Å²) in [5.41, 5.74) is -1.09. The Morgan fingerprint density at radius 1 is 1.17 bits per heavy atom. The molecule has 1 N–H and O–H groups in total. The van der Waals surface area contributed by atoms with Gasteiger partial charge in [0.15, 0.2) is 5.82 Å². The number of aromatic nitrogens is 3. The number of rotatable bonds is 7. The van der Waals surface area contributed by atoms with Gasteiger partial charge in [-0.25, -0.2) is 13.1 Å². The number of Topliss-reactive ketones (excluding diaryl/α,β-unsaturated/α-hetero) is 1. The fraction of sp³-hybridized carbons (Fsp3) is 0.800. The van der Waals surface area contributed by atoms with Gasteiger partial charge < -0.3 is 9.64 Å². The third-order valence-electron chi connectivity index (χ3n) is 7.50. The molecule has 1 unspecified atom stereocenters. The molecule has 2 atom stereocenters. The number of ketones is 1. The van der Waals surface area contributed by atoms with E-state index in [-0.39, 0.29) is 35.4 Å². The summed E-state index contributed by atoms with van der Waals surface area (Å²) in [4.78, 5) is 27.7. The number of fused-ring (bicyclic) bond motifs is 2. The minimum Gasteiger partial charge on any atom is -0.467 e. The lowest BCUT2D eigenvalue weighted by Crippen LogP contribution is -2.45. The maximum absolute atomic E-state index is 12.9. The molecule has 0 aromatic carbocycles.